The SMILES string of the molecule is C=CCNC(=S)[S-].C=CCNC(=S)[S-].C=CCNC(=S)[S-].C=CCNC(=S)[S-].C=CCNC(=S)[S-].C=CCNC(=S)[S-].[Mo]. The van der Waals surface area contributed by atoms with Gasteiger partial charge in [0.1, 0.15) is 0 Å². The third-order valence-corrected chi connectivity index (χ3v) is 4.08. The van der Waals surface area contributed by atoms with Gasteiger partial charge in [-0.15, -0.1) is 39.5 Å². The quantitative estimate of drug-likeness (QED) is 0.0749. The van der Waals surface area contributed by atoms with Crippen molar-refractivity contribution in [3.63, 3.8) is 0 Å². The van der Waals surface area contributed by atoms with Crippen LogP contribution in [0.25, 0.3) is 0 Å². The molecule has 0 aromatic rings. The summed E-state index contributed by atoms with van der Waals surface area (Å²) in [5.74, 6) is 0. The number of hydrogen-bond donors (Lipinski definition) is 6. The van der Waals surface area contributed by atoms with E-state index in [1.54, 1.807) is 36.5 Å². The van der Waals surface area contributed by atoms with Crippen LogP contribution in [0.3, 0.4) is 0 Å². The number of nitrogens with one attached hydrogen (secondary N) is 6. The zero-order chi connectivity index (χ0) is 34.2. The zero-order valence-corrected chi connectivity index (χ0v) is 35.1. The molecular formula is C24H36MoN6S12-6. The molecule has 0 fully saturated rings. The number of thiocarbonyl (C=S) groups is 6. The van der Waals surface area contributed by atoms with Crippen LogP contribution in [-0.2, 0) is 96.8 Å². The molecule has 0 radical (unpaired) electrons. The third-order valence-electron chi connectivity index (χ3n) is 2.34. The predicted octanol–water partition coefficient (Wildman–Crippen LogP) is 3.56. The standard InChI is InChI=1S/6C4H7NS2.Mo/c6*1-2-3-5-4(6)7;/h6*2H,1,3H2,(H2,5,6,7);/p-6. The van der Waals surface area contributed by atoms with Crippen LogP contribution in [0.2, 0.25) is 0 Å². The molecule has 0 aromatic carbocycles. The topological polar surface area (TPSA) is 72.2 Å². The van der Waals surface area contributed by atoms with Crippen LogP contribution in [0.15, 0.2) is 75.9 Å². The van der Waals surface area contributed by atoms with E-state index in [9.17, 15) is 0 Å². The second-order valence-electron chi connectivity index (χ2n) is 5.74. The first-order valence-corrected chi connectivity index (χ1v) is 15.9. The van der Waals surface area contributed by atoms with E-state index in [-0.39, 0.29) is 21.1 Å². The van der Waals surface area contributed by atoms with Gasteiger partial charge in [0.15, 0.2) is 0 Å². The number of hydrogen-bond acceptors (Lipinski definition) is 12. The molecule has 0 aliphatic heterocycles. The van der Waals surface area contributed by atoms with Crippen molar-refractivity contribution in [3.8, 4) is 0 Å². The molecule has 0 amide bonds. The van der Waals surface area contributed by atoms with Crippen LogP contribution in [0.1, 0.15) is 0 Å². The number of rotatable bonds is 12. The summed E-state index contributed by atoms with van der Waals surface area (Å²) in [6, 6.07) is 0. The molecule has 0 saturated carbocycles. The molecule has 0 aliphatic rings. The molecular weight excluding hydrogens is 853 g/mol. The fraction of sp³-hybridized carbons (Fsp3) is 0.250. The van der Waals surface area contributed by atoms with Crippen LogP contribution in [0.4, 0.5) is 0 Å². The van der Waals surface area contributed by atoms with Crippen molar-refractivity contribution in [3.05, 3.63) is 75.9 Å². The Balaban J connectivity index is -0.0000000720. The van der Waals surface area contributed by atoms with E-state index in [1.165, 1.54) is 0 Å². The van der Waals surface area contributed by atoms with Crippen molar-refractivity contribution in [1.29, 1.82) is 0 Å². The average Bonchev–Trinajstić information content (AvgIpc) is 2.91. The summed E-state index contributed by atoms with van der Waals surface area (Å²) < 4.78 is 2.42. The van der Waals surface area contributed by atoms with Crippen LogP contribution >= 0.6 is 73.3 Å². The maximum absolute atomic E-state index is 4.52. The molecule has 6 N–H and O–H groups in total. The van der Waals surface area contributed by atoms with Gasteiger partial charge in [-0.1, -0.05) is 62.4 Å². The van der Waals surface area contributed by atoms with E-state index in [0.29, 0.717) is 65.2 Å². The Morgan fingerprint density at radius 3 is 0.465 bits per heavy atom. The van der Waals surface area contributed by atoms with E-state index in [2.05, 4.69) is 220 Å². The van der Waals surface area contributed by atoms with Gasteiger partial charge < -0.3 is 181 Å². The Morgan fingerprint density at radius 1 is 0.349 bits per heavy atom. The molecule has 0 spiro atoms. The maximum atomic E-state index is 4.52. The summed E-state index contributed by atoms with van der Waals surface area (Å²) in [5.41, 5.74) is 0. The van der Waals surface area contributed by atoms with Gasteiger partial charge in [-0.3, -0.25) is 0 Å². The molecule has 0 atom stereocenters. The van der Waals surface area contributed by atoms with Crippen molar-refractivity contribution in [2.24, 2.45) is 0 Å². The van der Waals surface area contributed by atoms with Crippen LogP contribution in [-0.4, -0.2) is 65.2 Å². The van der Waals surface area contributed by atoms with Crippen molar-refractivity contribution < 1.29 is 21.1 Å². The summed E-state index contributed by atoms with van der Waals surface area (Å²) in [4.78, 5) is 0. The average molecular weight is 889 g/mol. The second-order valence-corrected chi connectivity index (χ2v) is 12.2. The molecule has 0 saturated heterocycles. The van der Waals surface area contributed by atoms with Crippen molar-refractivity contribution in [2.75, 3.05) is 39.3 Å². The fourth-order valence-corrected chi connectivity index (χ4v) is 1.93. The summed E-state index contributed by atoms with van der Waals surface area (Å²) >= 11 is 54.2. The summed E-state index contributed by atoms with van der Waals surface area (Å²) in [5, 5.41) is 16.3. The second kappa shape index (κ2) is 54.3. The van der Waals surface area contributed by atoms with Crippen LogP contribution in [0, 0.1) is 0 Å². The molecule has 0 bridgehead atoms. The summed E-state index contributed by atoms with van der Waals surface area (Å²) in [6.07, 6.45) is 10.2. The van der Waals surface area contributed by atoms with E-state index >= 15 is 0 Å². The third kappa shape index (κ3) is 117. The largest absolute Gasteiger partial charge is 0.412 e. The van der Waals surface area contributed by atoms with E-state index in [1.807, 2.05) is 0 Å². The fourth-order valence-electron chi connectivity index (χ4n) is 0.933. The van der Waals surface area contributed by atoms with Gasteiger partial charge in [-0.05, 0) is 0 Å². The molecule has 0 aliphatic carbocycles. The van der Waals surface area contributed by atoms with Crippen molar-refractivity contribution in [1.82, 2.24) is 31.9 Å². The van der Waals surface area contributed by atoms with Gasteiger partial charge in [-0.2, -0.15) is 0 Å². The van der Waals surface area contributed by atoms with Crippen LogP contribution < -0.4 is 31.9 Å². The van der Waals surface area contributed by atoms with Gasteiger partial charge in [0.05, 0.1) is 0 Å². The minimum absolute atomic E-state index is 0. The molecule has 43 heavy (non-hydrogen) atoms. The molecule has 19 heteroatoms. The Hall–Kier alpha value is -0.212. The maximum Gasteiger partial charge on any atom is 0.0313 e. The van der Waals surface area contributed by atoms with E-state index in [0.717, 1.165) is 0 Å². The Kier molecular flexibility index (Phi) is 73.6. The smallest absolute Gasteiger partial charge is 0.0313 e. The predicted molar refractivity (Wildman–Crippen MR) is 229 cm³/mol. The Labute approximate surface area is 339 Å². The van der Waals surface area contributed by atoms with Gasteiger partial charge in [-0.25, -0.2) is 0 Å². The van der Waals surface area contributed by atoms with Gasteiger partial charge >= 0.3 is 0 Å². The normalized spacial score (nSPS) is 7.26. The van der Waals surface area contributed by atoms with E-state index < -0.39 is 0 Å². The first-order chi connectivity index (χ1) is 19.6. The zero-order valence-electron chi connectivity index (χ0n) is 23.3. The van der Waals surface area contributed by atoms with Gasteiger partial charge in [0.2, 0.25) is 0 Å². The van der Waals surface area contributed by atoms with Crippen molar-refractivity contribution >= 4 is 175 Å². The van der Waals surface area contributed by atoms with Crippen LogP contribution in [0.5, 0.6) is 0 Å². The van der Waals surface area contributed by atoms with Gasteiger partial charge in [0.25, 0.3) is 0 Å². The minimum Gasteiger partial charge on any atom is -0.412 e. The van der Waals surface area contributed by atoms with Gasteiger partial charge in [0, 0.05) is 60.3 Å². The first-order valence-electron chi connectivity index (χ1n) is 11.0. The molecule has 6 nitrogen and oxygen atoms in total. The van der Waals surface area contributed by atoms with Crippen molar-refractivity contribution in [2.45, 2.75) is 0 Å². The molecule has 0 aromatic heterocycles. The Morgan fingerprint density at radius 2 is 0.442 bits per heavy atom. The first kappa shape index (κ1) is 58.3. The molecule has 0 heterocycles. The Bertz CT molecular complexity index is 656. The molecule has 0 rings (SSSR count). The van der Waals surface area contributed by atoms with E-state index in [4.69, 9.17) is 0 Å². The molecule has 246 valence electrons. The minimum atomic E-state index is 0. The summed E-state index contributed by atoms with van der Waals surface area (Å²) in [7, 11) is 0. The monoisotopic (exact) mass is 890 g/mol. The summed E-state index contributed by atoms with van der Waals surface area (Å²) in [6.45, 7) is 24.8. The molecule has 0 unspecified atom stereocenters.